The SMILES string of the molecule is CCCNC(Cc1ccc(CC)cc1)c1cncc(Br)c1. The maximum Gasteiger partial charge on any atom is 0.0410 e. The van der Waals surface area contributed by atoms with Gasteiger partial charge in [-0.15, -0.1) is 0 Å². The van der Waals surface area contributed by atoms with E-state index in [2.05, 4.69) is 70.4 Å². The first kappa shape index (κ1) is 16.2. The fraction of sp³-hybridized carbons (Fsp3) is 0.389. The summed E-state index contributed by atoms with van der Waals surface area (Å²) in [4.78, 5) is 4.30. The molecule has 1 atom stereocenters. The van der Waals surface area contributed by atoms with Crippen molar-refractivity contribution in [3.8, 4) is 0 Å². The van der Waals surface area contributed by atoms with Crippen LogP contribution in [0.15, 0.2) is 47.2 Å². The Morgan fingerprint density at radius 1 is 1.10 bits per heavy atom. The van der Waals surface area contributed by atoms with E-state index in [1.165, 1.54) is 16.7 Å². The maximum atomic E-state index is 4.30. The topological polar surface area (TPSA) is 24.9 Å². The Bertz CT molecular complexity index is 551. The van der Waals surface area contributed by atoms with Crippen molar-refractivity contribution in [3.63, 3.8) is 0 Å². The lowest BCUT2D eigenvalue weighted by molar-refractivity contribution is 0.527. The van der Waals surface area contributed by atoms with Crippen LogP contribution in [0, 0.1) is 0 Å². The minimum absolute atomic E-state index is 0.308. The van der Waals surface area contributed by atoms with Gasteiger partial charge < -0.3 is 5.32 Å². The van der Waals surface area contributed by atoms with Gasteiger partial charge in [-0.1, -0.05) is 38.1 Å². The van der Waals surface area contributed by atoms with Gasteiger partial charge >= 0.3 is 0 Å². The van der Waals surface area contributed by atoms with Crippen molar-refractivity contribution < 1.29 is 0 Å². The summed E-state index contributed by atoms with van der Waals surface area (Å²) in [6.45, 7) is 5.40. The molecule has 0 aliphatic rings. The number of nitrogens with one attached hydrogen (secondary N) is 1. The average Bonchev–Trinajstić information content (AvgIpc) is 2.52. The molecule has 2 rings (SSSR count). The van der Waals surface area contributed by atoms with Crippen molar-refractivity contribution in [1.82, 2.24) is 10.3 Å². The van der Waals surface area contributed by atoms with Crippen molar-refractivity contribution in [2.75, 3.05) is 6.54 Å². The number of nitrogens with zero attached hydrogens (tertiary/aromatic N) is 1. The summed E-state index contributed by atoms with van der Waals surface area (Å²) in [6.07, 6.45) is 7.00. The lowest BCUT2D eigenvalue weighted by Gasteiger charge is -2.19. The molecule has 1 unspecified atom stereocenters. The quantitative estimate of drug-likeness (QED) is 0.786. The number of aryl methyl sites for hydroxylation is 1. The zero-order chi connectivity index (χ0) is 15.1. The molecule has 2 nitrogen and oxygen atoms in total. The number of rotatable bonds is 7. The summed E-state index contributed by atoms with van der Waals surface area (Å²) in [5.41, 5.74) is 3.99. The van der Waals surface area contributed by atoms with Gasteiger partial charge in [0.15, 0.2) is 0 Å². The second kappa shape index (κ2) is 8.30. The predicted molar refractivity (Wildman–Crippen MR) is 92.5 cm³/mol. The molecule has 1 N–H and O–H groups in total. The maximum absolute atomic E-state index is 4.30. The van der Waals surface area contributed by atoms with E-state index >= 15 is 0 Å². The fourth-order valence-corrected chi connectivity index (χ4v) is 2.77. The van der Waals surface area contributed by atoms with Crippen LogP contribution >= 0.6 is 15.9 Å². The third-order valence-corrected chi connectivity index (χ3v) is 4.07. The van der Waals surface area contributed by atoms with Crippen molar-refractivity contribution in [3.05, 3.63) is 63.9 Å². The second-order valence-corrected chi connectivity index (χ2v) is 6.23. The third-order valence-electron chi connectivity index (χ3n) is 3.64. The average molecular weight is 347 g/mol. The Hall–Kier alpha value is -1.19. The van der Waals surface area contributed by atoms with E-state index in [9.17, 15) is 0 Å². The van der Waals surface area contributed by atoms with Crippen LogP contribution < -0.4 is 5.32 Å². The summed E-state index contributed by atoms with van der Waals surface area (Å²) >= 11 is 3.51. The van der Waals surface area contributed by atoms with E-state index < -0.39 is 0 Å². The van der Waals surface area contributed by atoms with E-state index in [0.29, 0.717) is 6.04 Å². The first-order valence-corrected chi connectivity index (χ1v) is 8.43. The highest BCUT2D eigenvalue weighted by Crippen LogP contribution is 2.21. The summed E-state index contributed by atoms with van der Waals surface area (Å²) < 4.78 is 1.03. The van der Waals surface area contributed by atoms with Crippen LogP contribution in [0.25, 0.3) is 0 Å². The highest BCUT2D eigenvalue weighted by molar-refractivity contribution is 9.10. The van der Waals surface area contributed by atoms with Crippen LogP contribution in [0.4, 0.5) is 0 Å². The van der Waals surface area contributed by atoms with E-state index in [1.54, 1.807) is 0 Å². The standard InChI is InChI=1S/C18H23BrN2/c1-3-9-21-18(16-11-17(19)13-20-12-16)10-15-7-5-14(4-2)6-8-15/h5-8,11-13,18,21H,3-4,9-10H2,1-2H3. The normalized spacial score (nSPS) is 12.3. The Balaban J connectivity index is 2.15. The van der Waals surface area contributed by atoms with E-state index in [1.807, 2.05) is 12.4 Å². The zero-order valence-electron chi connectivity index (χ0n) is 12.8. The minimum atomic E-state index is 0.308. The van der Waals surface area contributed by atoms with Crippen LogP contribution in [0.3, 0.4) is 0 Å². The third kappa shape index (κ3) is 4.94. The molecule has 21 heavy (non-hydrogen) atoms. The number of hydrogen-bond donors (Lipinski definition) is 1. The predicted octanol–water partition coefficient (Wildman–Crippen LogP) is 4.69. The summed E-state index contributed by atoms with van der Waals surface area (Å²) in [7, 11) is 0. The molecule has 0 radical (unpaired) electrons. The molecular formula is C18H23BrN2. The lowest BCUT2D eigenvalue weighted by Crippen LogP contribution is -2.24. The molecule has 0 amide bonds. The van der Waals surface area contributed by atoms with Crippen LogP contribution in [0.5, 0.6) is 0 Å². The Morgan fingerprint density at radius 3 is 2.43 bits per heavy atom. The Labute approximate surface area is 136 Å². The largest absolute Gasteiger partial charge is 0.310 e. The number of benzene rings is 1. The molecule has 0 aliphatic carbocycles. The van der Waals surface area contributed by atoms with E-state index in [4.69, 9.17) is 0 Å². The monoisotopic (exact) mass is 346 g/mol. The fourth-order valence-electron chi connectivity index (χ4n) is 2.39. The van der Waals surface area contributed by atoms with E-state index in [0.717, 1.165) is 30.3 Å². The van der Waals surface area contributed by atoms with Crippen molar-refractivity contribution in [2.45, 2.75) is 39.2 Å². The van der Waals surface area contributed by atoms with Gasteiger partial charge in [0.05, 0.1) is 0 Å². The molecule has 1 heterocycles. The Morgan fingerprint density at radius 2 is 1.81 bits per heavy atom. The molecule has 2 aromatic rings. The molecule has 0 aliphatic heterocycles. The minimum Gasteiger partial charge on any atom is -0.310 e. The molecule has 1 aromatic carbocycles. The summed E-state index contributed by atoms with van der Waals surface area (Å²) in [6, 6.07) is 11.4. The first-order valence-electron chi connectivity index (χ1n) is 7.64. The van der Waals surface area contributed by atoms with Gasteiger partial charge in [-0.2, -0.15) is 0 Å². The van der Waals surface area contributed by atoms with Crippen molar-refractivity contribution in [2.24, 2.45) is 0 Å². The first-order chi connectivity index (χ1) is 10.2. The van der Waals surface area contributed by atoms with Gasteiger partial charge in [-0.25, -0.2) is 0 Å². The molecule has 0 saturated carbocycles. The molecule has 0 bridgehead atoms. The number of hydrogen-bond acceptors (Lipinski definition) is 2. The highest BCUT2D eigenvalue weighted by Gasteiger charge is 2.12. The molecule has 0 saturated heterocycles. The molecule has 1 aromatic heterocycles. The second-order valence-electron chi connectivity index (χ2n) is 5.32. The van der Waals surface area contributed by atoms with Gasteiger partial charge in [-0.3, -0.25) is 4.98 Å². The molecule has 3 heteroatoms. The Kier molecular flexibility index (Phi) is 6.40. The van der Waals surface area contributed by atoms with Crippen LogP contribution in [0.1, 0.15) is 43.0 Å². The zero-order valence-corrected chi connectivity index (χ0v) is 14.4. The van der Waals surface area contributed by atoms with E-state index in [-0.39, 0.29) is 0 Å². The van der Waals surface area contributed by atoms with Gasteiger partial charge in [0.1, 0.15) is 0 Å². The lowest BCUT2D eigenvalue weighted by atomic mass is 9.99. The molecule has 0 spiro atoms. The summed E-state index contributed by atoms with van der Waals surface area (Å²) in [5, 5.41) is 3.63. The number of pyridine rings is 1. The van der Waals surface area contributed by atoms with Crippen molar-refractivity contribution in [1.29, 1.82) is 0 Å². The van der Waals surface area contributed by atoms with Crippen LogP contribution in [-0.2, 0) is 12.8 Å². The summed E-state index contributed by atoms with van der Waals surface area (Å²) in [5.74, 6) is 0. The molecular weight excluding hydrogens is 324 g/mol. The van der Waals surface area contributed by atoms with Crippen LogP contribution in [-0.4, -0.2) is 11.5 Å². The van der Waals surface area contributed by atoms with Gasteiger partial charge in [0.25, 0.3) is 0 Å². The van der Waals surface area contributed by atoms with Crippen molar-refractivity contribution >= 4 is 15.9 Å². The molecule has 0 fully saturated rings. The van der Waals surface area contributed by atoms with Gasteiger partial charge in [-0.05, 0) is 64.5 Å². The number of aromatic nitrogens is 1. The highest BCUT2D eigenvalue weighted by atomic mass is 79.9. The van der Waals surface area contributed by atoms with Gasteiger partial charge in [0.2, 0.25) is 0 Å². The molecule has 112 valence electrons. The van der Waals surface area contributed by atoms with Crippen LogP contribution in [0.2, 0.25) is 0 Å². The van der Waals surface area contributed by atoms with Gasteiger partial charge in [0, 0.05) is 22.9 Å². The smallest absolute Gasteiger partial charge is 0.0410 e. The number of halogens is 1.